The Labute approximate surface area is 815 Å². The number of nitrogen functional groups attached to an aromatic ring is 3. The van der Waals surface area contributed by atoms with Crippen LogP contribution in [-0.2, 0) is 4.74 Å². The molecule has 18 N–H and O–H groups in total. The summed E-state index contributed by atoms with van der Waals surface area (Å²) in [4.78, 5) is 148. The van der Waals surface area contributed by atoms with E-state index in [0.717, 1.165) is 137 Å². The van der Waals surface area contributed by atoms with Gasteiger partial charge in [0.05, 0.1) is 67.6 Å². The summed E-state index contributed by atoms with van der Waals surface area (Å²) in [5.74, 6) is 3.55. The lowest BCUT2D eigenvalue weighted by atomic mass is 9.92. The first-order valence-corrected chi connectivity index (χ1v) is 48.1. The molecule has 7 amide bonds. The van der Waals surface area contributed by atoms with Crippen LogP contribution in [0, 0.1) is 29.6 Å². The second kappa shape index (κ2) is 46.7. The summed E-state index contributed by atoms with van der Waals surface area (Å²) in [6.45, 7) is 19.0. The van der Waals surface area contributed by atoms with Gasteiger partial charge in [0.15, 0.2) is 22.7 Å². The minimum Gasteiger partial charge on any atom is -0.463 e. The first kappa shape index (κ1) is 103. The molecule has 141 heavy (non-hydrogen) atoms. The second-order valence-corrected chi connectivity index (χ2v) is 37.5. The zero-order valence-electron chi connectivity index (χ0n) is 80.4. The van der Waals surface area contributed by atoms with Gasteiger partial charge in [-0.1, -0.05) is 19.8 Å². The minimum absolute atomic E-state index is 0.00610. The third-order valence-electron chi connectivity index (χ3n) is 26.4. The van der Waals surface area contributed by atoms with E-state index in [1.807, 2.05) is 49.9 Å². The predicted molar refractivity (Wildman–Crippen MR) is 520 cm³/mol. The summed E-state index contributed by atoms with van der Waals surface area (Å²) in [6, 6.07) is 20.6. The predicted octanol–water partition coefficient (Wildman–Crippen LogP) is 7.00. The molecule has 9 aromatic rings. The molecule has 9 aromatic heterocycles. The average Bonchev–Trinajstić information content (AvgIpc) is 1.56. The number of halogens is 2. The fraction of sp³-hybridized carbons (Fsp3) is 0.526. The van der Waals surface area contributed by atoms with Gasteiger partial charge in [-0.3, -0.25) is 38.7 Å². The number of aromatic nitrogens is 14. The van der Waals surface area contributed by atoms with Crippen LogP contribution in [0.2, 0.25) is 0 Å². The quantitative estimate of drug-likeness (QED) is 0.0184. The Balaban J connectivity index is 0.000000150. The SMILES string of the molecule is C#CC1(COc2nc(C(=O)N3CC(F)C3)cc(N3CCC(c4ccc(N)c(C(N)=O)n4)CC3)n2)CC1.CC[C@@H](C)NC(=O)c1cc(N2CCC(c3ccc(N)c(C(N)=O)n3)CC2)nc(OCC(C)F)n1.C[C@H](CO)NC(=O)c1cc(N2CCC(c3[nH]nc4ncccc34)CC2)nc(OC[C@H]2CC[C@@H](C)O2)n1.C[C@H](CO)NC(=O)c1cc(N2CCC(c3ccc(N)c(C(N)=O)n3)CC2)nc(OC[C@H]2C[C@@H]2C)n1. The number of hydrogen-bond donors (Lipinski definition) is 12. The van der Waals surface area contributed by atoms with Crippen LogP contribution < -0.4 is 88.9 Å². The fourth-order valence-electron chi connectivity index (χ4n) is 17.2. The van der Waals surface area contributed by atoms with E-state index >= 15 is 0 Å². The van der Waals surface area contributed by atoms with Crippen molar-refractivity contribution in [2.24, 2.45) is 34.5 Å². The van der Waals surface area contributed by atoms with Crippen molar-refractivity contribution in [3.63, 3.8) is 0 Å². The Morgan fingerprint density at radius 3 is 1.31 bits per heavy atom. The monoisotopic (exact) mass is 1940 g/mol. The zero-order chi connectivity index (χ0) is 100. The Hall–Kier alpha value is -14.2. The molecule has 42 nitrogen and oxygen atoms in total. The highest BCUT2D eigenvalue weighted by Gasteiger charge is 2.43. The van der Waals surface area contributed by atoms with Crippen molar-refractivity contribution < 1.29 is 76.2 Å². The molecule has 0 aromatic carbocycles. The first-order valence-electron chi connectivity index (χ1n) is 48.1. The molecule has 8 atom stereocenters. The van der Waals surface area contributed by atoms with Gasteiger partial charge in [0, 0.05) is 153 Å². The van der Waals surface area contributed by atoms with Gasteiger partial charge < -0.3 is 109 Å². The van der Waals surface area contributed by atoms with Gasteiger partial charge in [0.1, 0.15) is 78.2 Å². The number of likely N-dealkylation sites (tertiary alicyclic amines) is 1. The number of fused-ring (bicyclic) bond motifs is 1. The number of ether oxygens (including phenoxy) is 5. The highest BCUT2D eigenvalue weighted by molar-refractivity contribution is 5.98. The maximum absolute atomic E-state index is 13.3. The Kier molecular flexibility index (Phi) is 34.0. The molecule has 752 valence electrons. The van der Waals surface area contributed by atoms with Crippen molar-refractivity contribution in [2.75, 3.05) is 142 Å². The standard InChI is InChI=1S/C25H28FN7O3.C25H33N7O4.C24H33N7O4.C23H32FN7O3/c1-2-25(7-8-25)14-36-24-30-19(23(35)33-12-16(26)13-33)11-20(31-24)32-9-5-15(6-10-32)18-4-3-17(27)21(29-18)22(28)34;1-15(13-33)27-24(34)20-12-21(29-25(28-20)35-14-18-6-5-16(2)36-18)32-10-7-17(8-11-32)22-19-4-3-9-26-23(19)31-30-22;1-13-9-16(13)12-35-24-29-19(23(34)27-14(2)11-32)10-20(30-24)31-7-5-15(6-8-31)18-4-3-17(25)21(28-18)22(26)33;1-4-14(3)27-22(33)18-11-19(30-23(29-18)34-12-13(2)24)31-9-7-15(8-10-31)17-6-5-16(25)20(28-17)21(26)32/h1,3-4,11,15-16H,5-10,12-14,27H2,(H2,28,34);3-4,9,12,15-18,33H,5-8,10-11,13-14H2,1-2H3,(H,27,34)(H,26,30,31);3-4,10,13-16,32H,5-9,11-12,25H2,1-2H3,(H2,26,33)(H,27,34);5-6,11,13-15H,4,7-10,12,25H2,1-3H3,(H2,26,32)(H,27,33)/t;15-,16-,18-;13-,14+,16+;13?,14-/m.101/s1. The number of primary amides is 3. The Morgan fingerprint density at radius 1 is 0.539 bits per heavy atom. The van der Waals surface area contributed by atoms with Crippen molar-refractivity contribution >= 4 is 92.7 Å². The lowest BCUT2D eigenvalue weighted by Crippen LogP contribution is -2.51. The lowest BCUT2D eigenvalue weighted by Gasteiger charge is -2.35. The molecule has 44 heteroatoms. The van der Waals surface area contributed by atoms with Crippen LogP contribution in [0.3, 0.4) is 0 Å². The summed E-state index contributed by atoms with van der Waals surface area (Å²) in [7, 11) is 0. The van der Waals surface area contributed by atoms with Crippen LogP contribution in [0.1, 0.15) is 258 Å². The number of piperidine rings is 4. The summed E-state index contributed by atoms with van der Waals surface area (Å²) >= 11 is 0. The van der Waals surface area contributed by atoms with Crippen molar-refractivity contribution in [3.8, 4) is 36.4 Å². The number of aliphatic hydroxyl groups excluding tert-OH is 2. The highest BCUT2D eigenvalue weighted by Crippen LogP contribution is 2.46. The number of aliphatic hydroxyl groups is 2. The number of nitrogens with two attached hydrogens (primary N) is 6. The molecule has 0 bridgehead atoms. The molecule has 6 aliphatic heterocycles. The summed E-state index contributed by atoms with van der Waals surface area (Å²) < 4.78 is 55.5. The zero-order valence-corrected chi connectivity index (χ0v) is 80.4. The van der Waals surface area contributed by atoms with Gasteiger partial charge >= 0.3 is 24.0 Å². The number of terminal acetylenes is 1. The molecule has 2 saturated carbocycles. The third-order valence-corrected chi connectivity index (χ3v) is 26.4. The van der Waals surface area contributed by atoms with Crippen LogP contribution in [0.4, 0.5) is 49.1 Å². The van der Waals surface area contributed by atoms with Crippen LogP contribution in [0.15, 0.2) is 79.0 Å². The normalized spacial score (nSPS) is 19.5. The molecule has 15 heterocycles. The Bertz CT molecular complexity index is 5960. The minimum atomic E-state index is -1.20. The van der Waals surface area contributed by atoms with E-state index in [1.54, 1.807) is 62.5 Å². The van der Waals surface area contributed by atoms with E-state index in [-0.39, 0.29) is 192 Å². The Morgan fingerprint density at radius 2 is 0.936 bits per heavy atom. The number of anilines is 7. The molecular formula is C97H126F2N28O14. The van der Waals surface area contributed by atoms with Crippen molar-refractivity contribution in [2.45, 2.75) is 205 Å². The van der Waals surface area contributed by atoms with Crippen molar-refractivity contribution in [3.05, 3.63) is 142 Å². The molecule has 0 spiro atoms. The van der Waals surface area contributed by atoms with E-state index in [9.17, 15) is 52.6 Å². The molecule has 6 saturated heterocycles. The van der Waals surface area contributed by atoms with Crippen LogP contribution >= 0.6 is 0 Å². The lowest BCUT2D eigenvalue weighted by molar-refractivity contribution is 0.0242. The number of amides is 7. The smallest absolute Gasteiger partial charge is 0.319 e. The molecular weight excluding hydrogens is 1820 g/mol. The van der Waals surface area contributed by atoms with Gasteiger partial charge in [0.2, 0.25) is 0 Å². The number of nitrogens with zero attached hydrogens (tertiary/aromatic N) is 18. The van der Waals surface area contributed by atoms with E-state index in [2.05, 4.69) is 120 Å². The van der Waals surface area contributed by atoms with Crippen LogP contribution in [0.5, 0.6) is 24.0 Å². The first-order chi connectivity index (χ1) is 67.7. The topological polar surface area (TPSA) is 598 Å². The molecule has 1 unspecified atom stereocenters. The number of carbonyl (C=O) groups excluding carboxylic acids is 7. The number of nitrogens with one attached hydrogen (secondary N) is 4. The fourth-order valence-corrected chi connectivity index (χ4v) is 17.2. The van der Waals surface area contributed by atoms with Gasteiger partial charge in [-0.15, -0.1) is 6.42 Å². The molecule has 8 fully saturated rings. The molecule has 2 aliphatic carbocycles. The van der Waals surface area contributed by atoms with E-state index in [4.69, 9.17) is 64.5 Å². The van der Waals surface area contributed by atoms with Gasteiger partial charge in [-0.25, -0.2) is 28.7 Å². The van der Waals surface area contributed by atoms with E-state index < -0.39 is 36.1 Å². The number of rotatable bonds is 33. The van der Waals surface area contributed by atoms with E-state index in [0.29, 0.717) is 93.5 Å². The van der Waals surface area contributed by atoms with Crippen molar-refractivity contribution in [1.82, 2.24) is 90.9 Å². The maximum Gasteiger partial charge on any atom is 0.319 e. The highest BCUT2D eigenvalue weighted by atomic mass is 19.1. The number of hydrogen-bond acceptors (Lipinski definition) is 34. The van der Waals surface area contributed by atoms with Crippen molar-refractivity contribution in [1.29, 1.82) is 0 Å². The molecule has 8 aliphatic rings. The van der Waals surface area contributed by atoms with Gasteiger partial charge in [-0.05, 0) is 185 Å². The van der Waals surface area contributed by atoms with Gasteiger partial charge in [0.25, 0.3) is 41.4 Å². The van der Waals surface area contributed by atoms with E-state index in [1.165, 1.54) is 11.8 Å². The number of alkyl halides is 2. The number of carbonyl (C=O) groups is 7. The van der Waals surface area contributed by atoms with Gasteiger partial charge in [-0.2, -0.15) is 45.0 Å². The largest absolute Gasteiger partial charge is 0.463 e. The number of pyridine rings is 4. The second-order valence-electron chi connectivity index (χ2n) is 37.5. The summed E-state index contributed by atoms with van der Waals surface area (Å²) in [6.07, 6.45) is 17.3. The number of H-pyrrole nitrogens is 1. The van der Waals surface area contributed by atoms with Crippen LogP contribution in [0.25, 0.3) is 11.0 Å². The maximum atomic E-state index is 13.3. The summed E-state index contributed by atoms with van der Waals surface area (Å²) in [5.41, 5.74) is 39.3. The van der Waals surface area contributed by atoms with Crippen LogP contribution in [-0.4, -0.2) is 274 Å². The average molecular weight is 1950 g/mol. The number of aromatic amines is 1. The summed E-state index contributed by atoms with van der Waals surface area (Å²) in [5, 5.41) is 35.6. The molecule has 0 radical (unpaired) electrons. The molecule has 17 rings (SSSR count). The third kappa shape index (κ3) is 27.1.